The van der Waals surface area contributed by atoms with Crippen LogP contribution in [0.5, 0.6) is 0 Å². The number of aromatic nitrogens is 4. The molecule has 0 N–H and O–H groups in total. The molecule has 0 spiro atoms. The van der Waals surface area contributed by atoms with Crippen molar-refractivity contribution >= 4 is 43.6 Å². The van der Waals surface area contributed by atoms with Crippen molar-refractivity contribution in [2.24, 2.45) is 0 Å². The van der Waals surface area contributed by atoms with E-state index in [1.165, 1.54) is 11.1 Å². The molecule has 0 fully saturated rings. The fourth-order valence-corrected chi connectivity index (χ4v) is 6.12. The maximum atomic E-state index is 6.35. The fraction of sp³-hybridized carbons (Fsp3) is 0. The molecule has 6 aromatic carbocycles. The molecule has 0 saturated carbocycles. The van der Waals surface area contributed by atoms with Gasteiger partial charge in [-0.3, -0.25) is 4.98 Å². The van der Waals surface area contributed by atoms with Gasteiger partial charge in [0.2, 0.25) is 0 Å². The van der Waals surface area contributed by atoms with E-state index in [1.54, 1.807) is 0 Å². The van der Waals surface area contributed by atoms with E-state index >= 15 is 0 Å². The van der Waals surface area contributed by atoms with Crippen LogP contribution in [0.1, 0.15) is 0 Å². The second kappa shape index (κ2) is 10.2. The van der Waals surface area contributed by atoms with Gasteiger partial charge in [0.15, 0.2) is 17.5 Å². The second-order valence-corrected chi connectivity index (χ2v) is 11.1. The summed E-state index contributed by atoms with van der Waals surface area (Å²) in [4.78, 5) is 19.7. The first-order chi connectivity index (χ1) is 22.3. The van der Waals surface area contributed by atoms with Gasteiger partial charge in [-0.05, 0) is 58.3 Å². The first kappa shape index (κ1) is 25.3. The van der Waals surface area contributed by atoms with Gasteiger partial charge in [-0.15, -0.1) is 0 Å². The minimum absolute atomic E-state index is 0.589. The van der Waals surface area contributed by atoms with E-state index in [0.29, 0.717) is 17.5 Å². The zero-order chi connectivity index (χ0) is 29.7. The first-order valence-electron chi connectivity index (χ1n) is 14.9. The largest absolute Gasteiger partial charge is 0.456 e. The van der Waals surface area contributed by atoms with Gasteiger partial charge in [0.05, 0.1) is 5.52 Å². The van der Waals surface area contributed by atoms with Gasteiger partial charge in [-0.2, -0.15) is 0 Å². The van der Waals surface area contributed by atoms with E-state index in [2.05, 4.69) is 83.8 Å². The highest BCUT2D eigenvalue weighted by Crippen LogP contribution is 2.38. The van der Waals surface area contributed by atoms with Crippen molar-refractivity contribution in [1.82, 2.24) is 19.9 Å². The average molecular weight is 577 g/mol. The van der Waals surface area contributed by atoms with Gasteiger partial charge in [-0.25, -0.2) is 15.0 Å². The highest BCUT2D eigenvalue weighted by Gasteiger charge is 2.18. The second-order valence-electron chi connectivity index (χ2n) is 11.1. The number of nitrogens with zero attached hydrogens (tertiary/aromatic N) is 4. The molecule has 0 atom stereocenters. The third-order valence-electron chi connectivity index (χ3n) is 8.33. The van der Waals surface area contributed by atoms with Crippen LogP contribution in [0.25, 0.3) is 88.9 Å². The Bertz CT molecular complexity index is 2540. The van der Waals surface area contributed by atoms with Gasteiger partial charge >= 0.3 is 0 Å². The van der Waals surface area contributed by atoms with Gasteiger partial charge in [0.25, 0.3) is 0 Å². The summed E-state index contributed by atoms with van der Waals surface area (Å²) >= 11 is 0. The van der Waals surface area contributed by atoms with Gasteiger partial charge < -0.3 is 4.42 Å². The monoisotopic (exact) mass is 576 g/mol. The molecule has 5 nitrogen and oxygen atoms in total. The zero-order valence-electron chi connectivity index (χ0n) is 24.1. The van der Waals surface area contributed by atoms with E-state index in [0.717, 1.165) is 60.3 Å². The minimum atomic E-state index is 0.589. The standard InChI is InChI=1S/C40H24N4O/c1-3-9-25(10-4-1)28-18-16-26-17-19-30(22-31(26)21-28)39-42-38(27-11-5-2-6-12-27)43-40(44-39)32-14-7-15-35-37(32)33-24-34-29(13-8-20-41-34)23-36(33)45-35/h1-24H. The lowest BCUT2D eigenvalue weighted by molar-refractivity contribution is 0.669. The lowest BCUT2D eigenvalue weighted by Crippen LogP contribution is -2.00. The summed E-state index contributed by atoms with van der Waals surface area (Å²) in [6.45, 7) is 0. The molecule has 3 aromatic heterocycles. The predicted molar refractivity (Wildman–Crippen MR) is 182 cm³/mol. The number of hydrogen-bond acceptors (Lipinski definition) is 5. The van der Waals surface area contributed by atoms with Gasteiger partial charge in [-0.1, -0.05) is 103 Å². The molecule has 45 heavy (non-hydrogen) atoms. The first-order valence-corrected chi connectivity index (χ1v) is 14.9. The van der Waals surface area contributed by atoms with E-state index in [9.17, 15) is 0 Å². The van der Waals surface area contributed by atoms with Gasteiger partial charge in [0, 0.05) is 39.0 Å². The predicted octanol–water partition coefficient (Wildman–Crippen LogP) is 10.1. The molecule has 5 heteroatoms. The molecule has 0 aliphatic rings. The van der Waals surface area contributed by atoms with Gasteiger partial charge in [0.1, 0.15) is 11.2 Å². The average Bonchev–Trinajstić information content (AvgIpc) is 3.48. The Morgan fingerprint density at radius 2 is 1.13 bits per heavy atom. The zero-order valence-corrected chi connectivity index (χ0v) is 24.1. The van der Waals surface area contributed by atoms with Crippen LogP contribution in [0.4, 0.5) is 0 Å². The molecule has 0 aliphatic heterocycles. The molecule has 0 radical (unpaired) electrons. The topological polar surface area (TPSA) is 64.7 Å². The lowest BCUT2D eigenvalue weighted by Gasteiger charge is -2.10. The van der Waals surface area contributed by atoms with Crippen LogP contribution >= 0.6 is 0 Å². The number of benzene rings is 6. The molecule has 0 saturated heterocycles. The third kappa shape index (κ3) is 4.41. The van der Waals surface area contributed by atoms with E-state index in [-0.39, 0.29) is 0 Å². The molecule has 210 valence electrons. The Kier molecular flexibility index (Phi) is 5.74. The van der Waals surface area contributed by atoms with Crippen molar-refractivity contribution in [2.45, 2.75) is 0 Å². The van der Waals surface area contributed by atoms with Crippen LogP contribution in [0.15, 0.2) is 150 Å². The molecule has 0 unspecified atom stereocenters. The Hall–Kier alpha value is -6.20. The van der Waals surface area contributed by atoms with Crippen LogP contribution in [0.3, 0.4) is 0 Å². The molecule has 9 rings (SSSR count). The summed E-state index contributed by atoms with van der Waals surface area (Å²) in [6.07, 6.45) is 1.81. The van der Waals surface area contributed by atoms with Crippen molar-refractivity contribution in [1.29, 1.82) is 0 Å². The Morgan fingerprint density at radius 1 is 0.422 bits per heavy atom. The SMILES string of the molecule is c1ccc(-c2ccc3ccc(-c4nc(-c5ccccc5)nc(-c5cccc6oc7cc8cccnc8cc7c56)n4)cc3c2)cc1. The Morgan fingerprint density at radius 3 is 1.96 bits per heavy atom. The van der Waals surface area contributed by atoms with Crippen molar-refractivity contribution in [3.05, 3.63) is 146 Å². The van der Waals surface area contributed by atoms with Crippen LogP contribution in [-0.4, -0.2) is 19.9 Å². The van der Waals surface area contributed by atoms with Crippen LogP contribution < -0.4 is 0 Å². The molecular weight excluding hydrogens is 552 g/mol. The number of rotatable bonds is 4. The quantitative estimate of drug-likeness (QED) is 0.209. The number of pyridine rings is 1. The Balaban J connectivity index is 1.26. The molecule has 0 amide bonds. The number of hydrogen-bond donors (Lipinski definition) is 0. The normalized spacial score (nSPS) is 11.6. The van der Waals surface area contributed by atoms with Crippen molar-refractivity contribution < 1.29 is 4.42 Å². The van der Waals surface area contributed by atoms with E-state index in [1.807, 2.05) is 66.9 Å². The molecule has 0 aliphatic carbocycles. The number of furan rings is 1. The lowest BCUT2D eigenvalue weighted by atomic mass is 9.99. The maximum absolute atomic E-state index is 6.35. The van der Waals surface area contributed by atoms with Crippen molar-refractivity contribution in [3.8, 4) is 45.3 Å². The van der Waals surface area contributed by atoms with Crippen molar-refractivity contribution in [3.63, 3.8) is 0 Å². The Labute approximate surface area is 258 Å². The summed E-state index contributed by atoms with van der Waals surface area (Å²) in [5, 5.41) is 5.26. The highest BCUT2D eigenvalue weighted by molar-refractivity contribution is 6.14. The summed E-state index contributed by atoms with van der Waals surface area (Å²) in [7, 11) is 0. The summed E-state index contributed by atoms with van der Waals surface area (Å²) in [6, 6.07) is 47.6. The highest BCUT2D eigenvalue weighted by atomic mass is 16.3. The fourth-order valence-electron chi connectivity index (χ4n) is 6.12. The third-order valence-corrected chi connectivity index (χ3v) is 8.33. The van der Waals surface area contributed by atoms with Crippen LogP contribution in [0.2, 0.25) is 0 Å². The van der Waals surface area contributed by atoms with Crippen LogP contribution in [0, 0.1) is 0 Å². The molecule has 3 heterocycles. The van der Waals surface area contributed by atoms with Crippen molar-refractivity contribution in [2.75, 3.05) is 0 Å². The molecular formula is C40H24N4O. The van der Waals surface area contributed by atoms with E-state index < -0.39 is 0 Å². The summed E-state index contributed by atoms with van der Waals surface area (Å²) in [5.74, 6) is 1.82. The van der Waals surface area contributed by atoms with E-state index in [4.69, 9.17) is 19.4 Å². The summed E-state index contributed by atoms with van der Waals surface area (Å²) in [5.41, 5.74) is 7.58. The van der Waals surface area contributed by atoms with Crippen LogP contribution in [-0.2, 0) is 0 Å². The smallest absolute Gasteiger partial charge is 0.164 e. The molecule has 9 aromatic rings. The minimum Gasteiger partial charge on any atom is -0.456 e. The number of fused-ring (bicyclic) bond motifs is 5. The molecule has 0 bridgehead atoms. The maximum Gasteiger partial charge on any atom is 0.164 e. The summed E-state index contributed by atoms with van der Waals surface area (Å²) < 4.78 is 6.35.